The van der Waals surface area contributed by atoms with Gasteiger partial charge in [0.15, 0.2) is 16.1 Å². The molecule has 0 bridgehead atoms. The van der Waals surface area contributed by atoms with E-state index in [9.17, 15) is 4.39 Å². The quantitative estimate of drug-likeness (QED) is 0.701. The average Bonchev–Trinajstić information content (AvgIpc) is 3.07. The Morgan fingerprint density at radius 2 is 2.19 bits per heavy atom. The molecule has 0 aliphatic heterocycles. The average molecular weight is 352 g/mol. The second kappa shape index (κ2) is 6.03. The largest absolute Gasteiger partial charge is 0.457 e. The molecule has 1 unspecified atom stereocenters. The number of hydrogen-bond donors (Lipinski definition) is 1. The Labute approximate surface area is 130 Å². The molecule has 0 amide bonds. The van der Waals surface area contributed by atoms with Crippen molar-refractivity contribution in [2.24, 2.45) is 0 Å². The first-order valence-electron chi connectivity index (χ1n) is 6.85. The third kappa shape index (κ3) is 2.76. The Bertz CT molecular complexity index is 750. The molecule has 110 valence electrons. The van der Waals surface area contributed by atoms with Crippen LogP contribution >= 0.6 is 15.9 Å². The summed E-state index contributed by atoms with van der Waals surface area (Å²) in [6.07, 6.45) is 2.60. The van der Waals surface area contributed by atoms with Crippen LogP contribution in [0.25, 0.3) is 11.0 Å². The van der Waals surface area contributed by atoms with E-state index in [0.717, 1.165) is 23.9 Å². The molecule has 0 spiro atoms. The summed E-state index contributed by atoms with van der Waals surface area (Å²) in [7, 11) is 0. The van der Waals surface area contributed by atoms with E-state index in [0.29, 0.717) is 10.4 Å². The zero-order chi connectivity index (χ0) is 14.8. The zero-order valence-corrected chi connectivity index (χ0v) is 13.1. The van der Waals surface area contributed by atoms with Crippen LogP contribution in [0.5, 0.6) is 0 Å². The summed E-state index contributed by atoms with van der Waals surface area (Å²) in [6.45, 7) is 2.91. The van der Waals surface area contributed by atoms with Crippen molar-refractivity contribution < 1.29 is 13.2 Å². The third-order valence-electron chi connectivity index (χ3n) is 3.36. The minimum Gasteiger partial charge on any atom is -0.457 e. The van der Waals surface area contributed by atoms with Crippen LogP contribution in [0, 0.1) is 5.82 Å². The van der Waals surface area contributed by atoms with Gasteiger partial charge in [-0.25, -0.2) is 4.39 Å². The normalized spacial score (nSPS) is 12.9. The Morgan fingerprint density at radius 3 is 2.86 bits per heavy atom. The Kier molecular flexibility index (Phi) is 4.12. The van der Waals surface area contributed by atoms with Crippen molar-refractivity contribution in [3.63, 3.8) is 0 Å². The number of fused-ring (bicyclic) bond motifs is 1. The van der Waals surface area contributed by atoms with E-state index in [1.54, 1.807) is 12.3 Å². The number of para-hydroxylation sites is 1. The maximum Gasteiger partial charge on any atom is 0.174 e. The molecular formula is C16H15BrFNO2. The monoisotopic (exact) mass is 351 g/mol. The van der Waals surface area contributed by atoms with Gasteiger partial charge in [0.2, 0.25) is 0 Å². The van der Waals surface area contributed by atoms with Gasteiger partial charge in [-0.15, -0.1) is 0 Å². The highest BCUT2D eigenvalue weighted by molar-refractivity contribution is 9.10. The molecule has 1 N–H and O–H groups in total. The zero-order valence-electron chi connectivity index (χ0n) is 11.5. The van der Waals surface area contributed by atoms with Crippen LogP contribution in [0.15, 0.2) is 50.1 Å². The fraction of sp³-hybridized carbons (Fsp3) is 0.250. The number of rotatable bonds is 5. The van der Waals surface area contributed by atoms with Crippen molar-refractivity contribution in [1.82, 2.24) is 5.32 Å². The summed E-state index contributed by atoms with van der Waals surface area (Å²) >= 11 is 3.39. The standard InChI is InChI=1S/C16H15BrFNO2/c1-2-7-19-14(11-6-8-20-16(11)17)13-9-10-4-3-5-12(18)15(10)21-13/h3-6,8-9,14,19H,2,7H2,1H3. The number of furan rings is 2. The van der Waals surface area contributed by atoms with E-state index >= 15 is 0 Å². The first-order chi connectivity index (χ1) is 10.2. The van der Waals surface area contributed by atoms with Gasteiger partial charge in [0.25, 0.3) is 0 Å². The molecular weight excluding hydrogens is 337 g/mol. The fourth-order valence-corrected chi connectivity index (χ4v) is 2.82. The molecule has 0 fully saturated rings. The maximum absolute atomic E-state index is 13.8. The van der Waals surface area contributed by atoms with Gasteiger partial charge in [0, 0.05) is 10.9 Å². The maximum atomic E-state index is 13.8. The van der Waals surface area contributed by atoms with Crippen LogP contribution in [0.3, 0.4) is 0 Å². The topological polar surface area (TPSA) is 38.3 Å². The van der Waals surface area contributed by atoms with Gasteiger partial charge in [-0.05, 0) is 47.1 Å². The lowest BCUT2D eigenvalue weighted by Crippen LogP contribution is -2.22. The SMILES string of the molecule is CCCNC(c1cc2cccc(F)c2o1)c1ccoc1Br. The molecule has 3 nitrogen and oxygen atoms in total. The molecule has 2 heterocycles. The van der Waals surface area contributed by atoms with E-state index in [2.05, 4.69) is 28.2 Å². The molecule has 21 heavy (non-hydrogen) atoms. The van der Waals surface area contributed by atoms with E-state index < -0.39 is 0 Å². The highest BCUT2D eigenvalue weighted by Crippen LogP contribution is 2.33. The van der Waals surface area contributed by atoms with Crippen molar-refractivity contribution in [2.45, 2.75) is 19.4 Å². The number of halogens is 2. The van der Waals surface area contributed by atoms with Crippen molar-refractivity contribution >= 4 is 26.9 Å². The van der Waals surface area contributed by atoms with Crippen LogP contribution in [-0.2, 0) is 0 Å². The van der Waals surface area contributed by atoms with Gasteiger partial charge >= 0.3 is 0 Å². The van der Waals surface area contributed by atoms with Crippen molar-refractivity contribution in [3.05, 3.63) is 58.4 Å². The predicted molar refractivity (Wildman–Crippen MR) is 82.7 cm³/mol. The lowest BCUT2D eigenvalue weighted by molar-refractivity contribution is 0.451. The molecule has 3 rings (SSSR count). The number of nitrogens with one attached hydrogen (secondary N) is 1. The molecule has 0 aliphatic carbocycles. The lowest BCUT2D eigenvalue weighted by Gasteiger charge is -2.15. The molecule has 0 saturated carbocycles. The van der Waals surface area contributed by atoms with Gasteiger partial charge in [-0.3, -0.25) is 0 Å². The summed E-state index contributed by atoms with van der Waals surface area (Å²) in [4.78, 5) is 0. The number of hydrogen-bond acceptors (Lipinski definition) is 3. The van der Waals surface area contributed by atoms with E-state index in [4.69, 9.17) is 8.83 Å². The summed E-state index contributed by atoms with van der Waals surface area (Å²) in [5.41, 5.74) is 1.22. The van der Waals surface area contributed by atoms with E-state index in [-0.39, 0.29) is 17.4 Å². The van der Waals surface area contributed by atoms with Crippen molar-refractivity contribution in [2.75, 3.05) is 6.54 Å². The summed E-state index contributed by atoms with van der Waals surface area (Å²) in [5, 5.41) is 4.16. The Morgan fingerprint density at radius 1 is 1.33 bits per heavy atom. The van der Waals surface area contributed by atoms with Crippen LogP contribution in [0.4, 0.5) is 4.39 Å². The molecule has 0 saturated heterocycles. The van der Waals surface area contributed by atoms with Crippen molar-refractivity contribution in [1.29, 1.82) is 0 Å². The second-order valence-corrected chi connectivity index (χ2v) is 5.56. The van der Waals surface area contributed by atoms with Crippen LogP contribution in [0.2, 0.25) is 0 Å². The highest BCUT2D eigenvalue weighted by Gasteiger charge is 2.22. The van der Waals surface area contributed by atoms with Gasteiger partial charge < -0.3 is 14.2 Å². The van der Waals surface area contributed by atoms with Crippen LogP contribution in [-0.4, -0.2) is 6.54 Å². The molecule has 0 aliphatic rings. The molecule has 0 radical (unpaired) electrons. The van der Waals surface area contributed by atoms with Crippen LogP contribution in [0.1, 0.15) is 30.7 Å². The molecule has 2 aromatic heterocycles. The lowest BCUT2D eigenvalue weighted by atomic mass is 10.1. The van der Waals surface area contributed by atoms with E-state index in [1.165, 1.54) is 6.07 Å². The second-order valence-electron chi connectivity index (χ2n) is 4.84. The highest BCUT2D eigenvalue weighted by atomic mass is 79.9. The van der Waals surface area contributed by atoms with E-state index in [1.807, 2.05) is 18.2 Å². The molecule has 1 aromatic carbocycles. The molecule has 1 atom stereocenters. The minimum absolute atomic E-state index is 0.176. The third-order valence-corrected chi connectivity index (χ3v) is 4.00. The summed E-state index contributed by atoms with van der Waals surface area (Å²) in [6, 6.07) is 8.49. The fourth-order valence-electron chi connectivity index (χ4n) is 2.35. The number of benzene rings is 1. The first-order valence-corrected chi connectivity index (χ1v) is 7.64. The molecule has 5 heteroatoms. The molecule has 3 aromatic rings. The Hall–Kier alpha value is -1.59. The first kappa shape index (κ1) is 14.4. The van der Waals surface area contributed by atoms with Gasteiger partial charge in [-0.2, -0.15) is 0 Å². The van der Waals surface area contributed by atoms with Gasteiger partial charge in [0.05, 0.1) is 12.3 Å². The minimum atomic E-state index is -0.348. The summed E-state index contributed by atoms with van der Waals surface area (Å²) < 4.78 is 25.5. The van der Waals surface area contributed by atoms with Crippen LogP contribution < -0.4 is 5.32 Å². The predicted octanol–water partition coefficient (Wildman–Crippen LogP) is 5.02. The Balaban J connectivity index is 2.05. The van der Waals surface area contributed by atoms with Gasteiger partial charge in [0.1, 0.15) is 5.76 Å². The smallest absolute Gasteiger partial charge is 0.174 e. The summed E-state index contributed by atoms with van der Waals surface area (Å²) in [5.74, 6) is 0.324. The van der Waals surface area contributed by atoms with Gasteiger partial charge in [-0.1, -0.05) is 19.1 Å². The van der Waals surface area contributed by atoms with Crippen molar-refractivity contribution in [3.8, 4) is 0 Å².